The maximum absolute atomic E-state index is 11.7. The third kappa shape index (κ3) is 1.87. The molecule has 6 heteroatoms. The van der Waals surface area contributed by atoms with Crippen LogP contribution in [0.4, 0.5) is 4.79 Å². The Morgan fingerprint density at radius 3 is 2.44 bits per heavy atom. The molecule has 0 aliphatic carbocycles. The molecule has 0 spiro atoms. The number of rotatable bonds is 1. The van der Waals surface area contributed by atoms with Crippen LogP contribution < -0.4 is 5.32 Å². The van der Waals surface area contributed by atoms with E-state index in [0.717, 1.165) is 30.8 Å². The van der Waals surface area contributed by atoms with E-state index in [4.69, 9.17) is 0 Å². The van der Waals surface area contributed by atoms with Crippen LogP contribution in [0.1, 0.15) is 19.3 Å². The van der Waals surface area contributed by atoms with Crippen molar-refractivity contribution in [2.45, 2.75) is 25.3 Å². The highest BCUT2D eigenvalue weighted by Gasteiger charge is 2.37. The topological polar surface area (TPSA) is 69.7 Å². The van der Waals surface area contributed by atoms with Gasteiger partial charge in [0.05, 0.1) is 6.42 Å². The van der Waals surface area contributed by atoms with Gasteiger partial charge in [-0.25, -0.2) is 4.79 Å². The average Bonchev–Trinajstić information content (AvgIpc) is 2.85. The number of amides is 4. The van der Waals surface area contributed by atoms with Crippen LogP contribution in [0.15, 0.2) is 0 Å². The Kier molecular flexibility index (Phi) is 2.80. The first kappa shape index (κ1) is 10.9. The van der Waals surface area contributed by atoms with Crippen molar-refractivity contribution < 1.29 is 14.4 Å². The summed E-state index contributed by atoms with van der Waals surface area (Å²) in [6.07, 6.45) is 2.09. The summed E-state index contributed by atoms with van der Waals surface area (Å²) in [7, 11) is 1.44. The van der Waals surface area contributed by atoms with Crippen molar-refractivity contribution in [1.29, 1.82) is 0 Å². The zero-order valence-corrected chi connectivity index (χ0v) is 9.23. The highest BCUT2D eigenvalue weighted by Crippen LogP contribution is 2.12. The summed E-state index contributed by atoms with van der Waals surface area (Å²) >= 11 is 0. The van der Waals surface area contributed by atoms with Gasteiger partial charge in [0.25, 0.3) is 5.91 Å². The third-order valence-electron chi connectivity index (χ3n) is 3.07. The van der Waals surface area contributed by atoms with Crippen molar-refractivity contribution in [2.24, 2.45) is 0 Å². The summed E-state index contributed by atoms with van der Waals surface area (Å²) in [6, 6.07) is -0.912. The first-order chi connectivity index (χ1) is 7.59. The number of carbonyl (C=O) groups is 3. The second-order valence-corrected chi connectivity index (χ2v) is 4.19. The molecule has 0 aromatic heterocycles. The standard InChI is InChI=1S/C10H15N3O3/c1-12-8(14)6-7(9(12)15)11-10(16)13-4-2-3-5-13/h7H,2-6H2,1H3,(H,11,16). The number of carbonyl (C=O) groups excluding carboxylic acids is 3. The second kappa shape index (κ2) is 4.11. The Morgan fingerprint density at radius 1 is 1.31 bits per heavy atom. The van der Waals surface area contributed by atoms with Crippen LogP contribution in [-0.2, 0) is 9.59 Å². The van der Waals surface area contributed by atoms with E-state index in [1.54, 1.807) is 4.90 Å². The molecule has 2 rings (SSSR count). The van der Waals surface area contributed by atoms with E-state index in [1.807, 2.05) is 0 Å². The minimum atomic E-state index is -0.675. The molecule has 2 fully saturated rings. The van der Waals surface area contributed by atoms with E-state index in [9.17, 15) is 14.4 Å². The maximum atomic E-state index is 11.7. The van der Waals surface area contributed by atoms with E-state index in [-0.39, 0.29) is 24.3 Å². The molecule has 0 bridgehead atoms. The van der Waals surface area contributed by atoms with Gasteiger partial charge < -0.3 is 10.2 Å². The van der Waals surface area contributed by atoms with Crippen molar-refractivity contribution >= 4 is 17.8 Å². The molecule has 0 aromatic carbocycles. The summed E-state index contributed by atoms with van der Waals surface area (Å²) in [5.41, 5.74) is 0. The van der Waals surface area contributed by atoms with Gasteiger partial charge in [0.2, 0.25) is 5.91 Å². The van der Waals surface area contributed by atoms with Gasteiger partial charge in [-0.1, -0.05) is 0 Å². The zero-order valence-electron chi connectivity index (χ0n) is 9.23. The molecule has 1 atom stereocenters. The number of likely N-dealkylation sites (N-methyl/N-ethyl adjacent to an activating group) is 1. The molecular weight excluding hydrogens is 210 g/mol. The lowest BCUT2D eigenvalue weighted by atomic mass is 10.2. The van der Waals surface area contributed by atoms with E-state index < -0.39 is 6.04 Å². The number of imide groups is 1. The first-order valence-corrected chi connectivity index (χ1v) is 5.45. The third-order valence-corrected chi connectivity index (χ3v) is 3.07. The van der Waals surface area contributed by atoms with Gasteiger partial charge in [-0.05, 0) is 12.8 Å². The smallest absolute Gasteiger partial charge is 0.318 e. The SMILES string of the molecule is CN1C(=O)CC(NC(=O)N2CCCC2)C1=O. The minimum Gasteiger partial charge on any atom is -0.326 e. The van der Waals surface area contributed by atoms with Crippen LogP contribution in [0.5, 0.6) is 0 Å². The first-order valence-electron chi connectivity index (χ1n) is 5.45. The van der Waals surface area contributed by atoms with Crippen molar-refractivity contribution in [3.05, 3.63) is 0 Å². The highest BCUT2D eigenvalue weighted by molar-refractivity contribution is 6.06. The molecule has 0 aromatic rings. The molecule has 1 N–H and O–H groups in total. The highest BCUT2D eigenvalue weighted by atomic mass is 16.2. The van der Waals surface area contributed by atoms with Crippen molar-refractivity contribution in [1.82, 2.24) is 15.1 Å². The number of urea groups is 1. The molecule has 6 nitrogen and oxygen atoms in total. The van der Waals surface area contributed by atoms with E-state index >= 15 is 0 Å². The molecule has 2 aliphatic heterocycles. The second-order valence-electron chi connectivity index (χ2n) is 4.19. The monoisotopic (exact) mass is 225 g/mol. The van der Waals surface area contributed by atoms with Crippen molar-refractivity contribution in [3.63, 3.8) is 0 Å². The number of nitrogens with zero attached hydrogens (tertiary/aromatic N) is 2. The molecule has 0 radical (unpaired) electrons. The Labute approximate surface area is 93.6 Å². The Morgan fingerprint density at radius 2 is 1.94 bits per heavy atom. The normalized spacial score (nSPS) is 25.4. The number of likely N-dealkylation sites (tertiary alicyclic amines) is 2. The van der Waals surface area contributed by atoms with Gasteiger partial charge in [0, 0.05) is 20.1 Å². The number of hydrogen-bond donors (Lipinski definition) is 1. The number of nitrogens with one attached hydrogen (secondary N) is 1. The Hall–Kier alpha value is -1.59. The van der Waals surface area contributed by atoms with Gasteiger partial charge >= 0.3 is 6.03 Å². The number of hydrogen-bond acceptors (Lipinski definition) is 3. The molecule has 16 heavy (non-hydrogen) atoms. The van der Waals surface area contributed by atoms with Crippen LogP contribution in [0.25, 0.3) is 0 Å². The van der Waals surface area contributed by atoms with Crippen LogP contribution >= 0.6 is 0 Å². The van der Waals surface area contributed by atoms with E-state index in [2.05, 4.69) is 5.32 Å². The van der Waals surface area contributed by atoms with Gasteiger partial charge in [-0.2, -0.15) is 0 Å². The predicted octanol–water partition coefficient (Wildman–Crippen LogP) is -0.451. The molecule has 2 saturated heterocycles. The van der Waals surface area contributed by atoms with Gasteiger partial charge in [0.1, 0.15) is 6.04 Å². The molecule has 88 valence electrons. The quantitative estimate of drug-likeness (QED) is 0.614. The summed E-state index contributed by atoms with van der Waals surface area (Å²) in [5.74, 6) is -0.561. The lowest BCUT2D eigenvalue weighted by molar-refractivity contribution is -0.137. The van der Waals surface area contributed by atoms with E-state index in [1.165, 1.54) is 7.05 Å². The summed E-state index contributed by atoms with van der Waals surface area (Å²) in [6.45, 7) is 1.47. The molecule has 2 aliphatic rings. The summed E-state index contributed by atoms with van der Waals surface area (Å²) in [4.78, 5) is 37.2. The zero-order chi connectivity index (χ0) is 11.7. The Balaban J connectivity index is 1.92. The van der Waals surface area contributed by atoms with E-state index in [0.29, 0.717) is 0 Å². The fraction of sp³-hybridized carbons (Fsp3) is 0.700. The summed E-state index contributed by atoms with van der Waals surface area (Å²) in [5, 5.41) is 2.61. The fourth-order valence-corrected chi connectivity index (χ4v) is 2.03. The van der Waals surface area contributed by atoms with Crippen LogP contribution in [0, 0.1) is 0 Å². The molecular formula is C10H15N3O3. The summed E-state index contributed by atoms with van der Waals surface area (Å²) < 4.78 is 0. The average molecular weight is 225 g/mol. The lowest BCUT2D eigenvalue weighted by Crippen LogP contribution is -2.46. The Bertz CT molecular complexity index is 336. The maximum Gasteiger partial charge on any atom is 0.318 e. The van der Waals surface area contributed by atoms with Crippen LogP contribution in [-0.4, -0.2) is 53.8 Å². The minimum absolute atomic E-state index is 0.0783. The van der Waals surface area contributed by atoms with Crippen LogP contribution in [0.2, 0.25) is 0 Å². The lowest BCUT2D eigenvalue weighted by Gasteiger charge is -2.18. The molecule has 0 saturated carbocycles. The van der Waals surface area contributed by atoms with Gasteiger partial charge in [-0.3, -0.25) is 14.5 Å². The van der Waals surface area contributed by atoms with Crippen molar-refractivity contribution in [2.75, 3.05) is 20.1 Å². The van der Waals surface area contributed by atoms with Crippen LogP contribution in [0.3, 0.4) is 0 Å². The van der Waals surface area contributed by atoms with Gasteiger partial charge in [0.15, 0.2) is 0 Å². The largest absolute Gasteiger partial charge is 0.326 e. The van der Waals surface area contributed by atoms with Gasteiger partial charge in [-0.15, -0.1) is 0 Å². The molecule has 2 heterocycles. The predicted molar refractivity (Wildman–Crippen MR) is 55.5 cm³/mol. The molecule has 4 amide bonds. The fourth-order valence-electron chi connectivity index (χ4n) is 2.03. The molecule has 1 unspecified atom stereocenters. The van der Waals surface area contributed by atoms with Crippen molar-refractivity contribution in [3.8, 4) is 0 Å².